The smallest absolute Gasteiger partial charge is 0.254 e. The number of piperidine rings is 1. The molecule has 2 aromatic rings. The van der Waals surface area contributed by atoms with Crippen molar-refractivity contribution in [2.75, 3.05) is 0 Å². The van der Waals surface area contributed by atoms with E-state index < -0.39 is 50.6 Å². The summed E-state index contributed by atoms with van der Waals surface area (Å²) in [6.07, 6.45) is 5.25. The van der Waals surface area contributed by atoms with Gasteiger partial charge in [0.2, 0.25) is 5.91 Å². The number of pyridine rings is 1. The van der Waals surface area contributed by atoms with Crippen LogP contribution in [-0.2, 0) is 14.6 Å². The second-order valence-electron chi connectivity index (χ2n) is 10.3. The van der Waals surface area contributed by atoms with Crippen LogP contribution in [0.5, 0.6) is 0 Å². The molecule has 4 atom stereocenters. The molecule has 1 saturated heterocycles. The van der Waals surface area contributed by atoms with Crippen LogP contribution in [0.15, 0.2) is 35.5 Å². The van der Waals surface area contributed by atoms with Crippen LogP contribution in [0.25, 0.3) is 0 Å². The number of fused-ring (bicyclic) bond motifs is 1. The number of carbonyl (C=O) groups is 2. The summed E-state index contributed by atoms with van der Waals surface area (Å²) in [5.74, 6) is -2.16. The number of amides is 2. The highest BCUT2D eigenvalue weighted by Crippen LogP contribution is 2.49. The highest BCUT2D eigenvalue weighted by molar-refractivity contribution is 7.92. The normalized spacial score (nSPS) is 25.9. The summed E-state index contributed by atoms with van der Waals surface area (Å²) >= 11 is 5.70. The summed E-state index contributed by atoms with van der Waals surface area (Å²) in [5.41, 5.74) is 0.206. The predicted molar refractivity (Wildman–Crippen MR) is 126 cm³/mol. The number of nitrogens with zero attached hydrogens (tertiary/aromatic N) is 2. The summed E-state index contributed by atoms with van der Waals surface area (Å²) in [5, 5.41) is 1.96. The first kappa shape index (κ1) is 23.8. The second kappa shape index (κ2) is 8.48. The minimum Gasteiger partial charge on any atom is -0.347 e. The lowest BCUT2D eigenvalue weighted by atomic mass is 10.00. The van der Waals surface area contributed by atoms with Crippen molar-refractivity contribution < 1.29 is 26.8 Å². The Hall–Kier alpha value is -2.59. The lowest BCUT2D eigenvalue weighted by Gasteiger charge is -2.29. The molecule has 2 amide bonds. The molecular formula is C25H24ClF2N3O4S. The molecule has 0 radical (unpaired) electrons. The third-order valence-electron chi connectivity index (χ3n) is 7.64. The molecule has 1 aliphatic heterocycles. The molecule has 1 aromatic carbocycles. The molecule has 3 aliphatic carbocycles. The van der Waals surface area contributed by atoms with Crippen LogP contribution in [0.2, 0.25) is 5.02 Å². The number of halogens is 3. The SMILES string of the molecule is O=C(N[C@@H](c1cc(F)c(Cl)cc1F)C1CC1)[C@H]1CC2C[C@H]2N1C(=O)c1ccnc(S(=O)(=O)C2CC2)c1. The highest BCUT2D eigenvalue weighted by Gasteiger charge is 2.56. The third kappa shape index (κ3) is 4.18. The van der Waals surface area contributed by atoms with E-state index >= 15 is 0 Å². The van der Waals surface area contributed by atoms with Crippen molar-refractivity contribution in [2.24, 2.45) is 11.8 Å². The van der Waals surface area contributed by atoms with Crippen molar-refractivity contribution in [1.29, 1.82) is 0 Å². The Morgan fingerprint density at radius 2 is 1.83 bits per heavy atom. The van der Waals surface area contributed by atoms with Crippen LogP contribution >= 0.6 is 11.6 Å². The summed E-state index contributed by atoms with van der Waals surface area (Å²) in [6, 6.07) is 3.07. The maximum atomic E-state index is 14.7. The third-order valence-corrected chi connectivity index (χ3v) is 10.1. The number of rotatable bonds is 7. The first-order valence-electron chi connectivity index (χ1n) is 12.1. The Bertz CT molecular complexity index is 1380. The van der Waals surface area contributed by atoms with E-state index in [2.05, 4.69) is 10.3 Å². The number of sulfone groups is 1. The average molecular weight is 536 g/mol. The van der Waals surface area contributed by atoms with Gasteiger partial charge in [0.25, 0.3) is 5.91 Å². The summed E-state index contributed by atoms with van der Waals surface area (Å²) < 4.78 is 54.0. The van der Waals surface area contributed by atoms with Gasteiger partial charge in [-0.15, -0.1) is 0 Å². The van der Waals surface area contributed by atoms with Crippen LogP contribution in [-0.4, -0.2) is 47.4 Å². The number of hydrogen-bond acceptors (Lipinski definition) is 5. The fourth-order valence-electron chi connectivity index (χ4n) is 5.28. The Balaban J connectivity index is 1.24. The number of carbonyl (C=O) groups excluding carboxylic acids is 2. The topological polar surface area (TPSA) is 96.4 Å². The Morgan fingerprint density at radius 1 is 1.08 bits per heavy atom. The molecule has 7 nitrogen and oxygen atoms in total. The largest absolute Gasteiger partial charge is 0.347 e. The van der Waals surface area contributed by atoms with Gasteiger partial charge in [-0.05, 0) is 74.6 Å². The van der Waals surface area contributed by atoms with E-state index in [4.69, 9.17) is 11.6 Å². The second-order valence-corrected chi connectivity index (χ2v) is 12.8. The molecule has 36 heavy (non-hydrogen) atoms. The van der Waals surface area contributed by atoms with Gasteiger partial charge in [0.05, 0.1) is 16.3 Å². The van der Waals surface area contributed by atoms with Gasteiger partial charge >= 0.3 is 0 Å². The zero-order valence-electron chi connectivity index (χ0n) is 19.2. The average Bonchev–Trinajstić information content (AvgIpc) is 3.72. The number of nitrogens with one attached hydrogen (secondary N) is 1. The van der Waals surface area contributed by atoms with Crippen molar-refractivity contribution in [3.05, 3.63) is 58.2 Å². The van der Waals surface area contributed by atoms with Crippen LogP contribution in [0.4, 0.5) is 8.78 Å². The number of hydrogen-bond donors (Lipinski definition) is 1. The molecule has 6 rings (SSSR count). The molecule has 3 saturated carbocycles. The molecule has 0 spiro atoms. The molecule has 4 fully saturated rings. The zero-order valence-corrected chi connectivity index (χ0v) is 20.7. The molecular weight excluding hydrogens is 512 g/mol. The van der Waals surface area contributed by atoms with Crippen molar-refractivity contribution in [2.45, 2.75) is 66.9 Å². The molecule has 190 valence electrons. The van der Waals surface area contributed by atoms with Crippen molar-refractivity contribution in [1.82, 2.24) is 15.2 Å². The van der Waals surface area contributed by atoms with E-state index in [1.807, 2.05) is 0 Å². The van der Waals surface area contributed by atoms with Crippen molar-refractivity contribution in [3.8, 4) is 0 Å². The lowest BCUT2D eigenvalue weighted by molar-refractivity contribution is -0.126. The summed E-state index contributed by atoms with van der Waals surface area (Å²) in [6.45, 7) is 0. The van der Waals surface area contributed by atoms with E-state index in [9.17, 15) is 26.8 Å². The molecule has 1 unspecified atom stereocenters. The van der Waals surface area contributed by atoms with E-state index in [1.54, 1.807) is 0 Å². The quantitative estimate of drug-likeness (QED) is 0.544. The Kier molecular flexibility index (Phi) is 5.60. The van der Waals surface area contributed by atoms with Gasteiger partial charge in [0, 0.05) is 23.4 Å². The minimum atomic E-state index is -3.57. The lowest BCUT2D eigenvalue weighted by Crippen LogP contribution is -2.49. The van der Waals surface area contributed by atoms with Crippen LogP contribution in [0.3, 0.4) is 0 Å². The Morgan fingerprint density at radius 3 is 2.53 bits per heavy atom. The van der Waals surface area contributed by atoms with Gasteiger partial charge in [-0.1, -0.05) is 11.6 Å². The van der Waals surface area contributed by atoms with E-state index in [0.717, 1.165) is 31.4 Å². The fourth-order valence-corrected chi connectivity index (χ4v) is 7.03. The van der Waals surface area contributed by atoms with Crippen LogP contribution in [0, 0.1) is 23.5 Å². The molecule has 4 aliphatic rings. The maximum absolute atomic E-state index is 14.7. The first-order chi connectivity index (χ1) is 17.1. The number of benzene rings is 1. The minimum absolute atomic E-state index is 0.0282. The molecule has 1 aromatic heterocycles. The molecule has 11 heteroatoms. The summed E-state index contributed by atoms with van der Waals surface area (Å²) in [4.78, 5) is 32.4. The predicted octanol–water partition coefficient (Wildman–Crippen LogP) is 3.82. The van der Waals surface area contributed by atoms with E-state index in [0.29, 0.717) is 19.3 Å². The van der Waals surface area contributed by atoms with Crippen LogP contribution in [0.1, 0.15) is 60.5 Å². The number of likely N-dealkylation sites (tertiary alicyclic amines) is 1. The van der Waals surface area contributed by atoms with Gasteiger partial charge in [-0.25, -0.2) is 22.2 Å². The standard InChI is InChI=1S/C25H24ClF2N3O4S/c26-17-11-18(27)16(10-19(17)28)23(12-1-2-12)30-24(32)21-8-14-7-20(14)31(21)25(33)13-5-6-29-22(9-13)36(34,35)15-3-4-15/h5-6,9-12,14-15,20-21,23H,1-4,7-8H2,(H,30,32)/t14?,20-,21-,23-/m1/s1. The monoisotopic (exact) mass is 535 g/mol. The molecule has 2 heterocycles. The maximum Gasteiger partial charge on any atom is 0.254 e. The fraction of sp³-hybridized carbons (Fsp3) is 0.480. The van der Waals surface area contributed by atoms with Crippen molar-refractivity contribution in [3.63, 3.8) is 0 Å². The van der Waals surface area contributed by atoms with Gasteiger partial charge < -0.3 is 10.2 Å². The molecule has 0 bridgehead atoms. The number of aromatic nitrogens is 1. The van der Waals surface area contributed by atoms with Gasteiger partial charge in [0.1, 0.15) is 17.7 Å². The zero-order chi connectivity index (χ0) is 25.4. The first-order valence-corrected chi connectivity index (χ1v) is 14.0. The summed E-state index contributed by atoms with van der Waals surface area (Å²) in [7, 11) is -3.57. The Labute approximate surface area is 212 Å². The van der Waals surface area contributed by atoms with Crippen molar-refractivity contribution >= 4 is 33.3 Å². The van der Waals surface area contributed by atoms with Crippen LogP contribution < -0.4 is 5.32 Å². The van der Waals surface area contributed by atoms with Gasteiger partial charge in [-0.2, -0.15) is 0 Å². The van der Waals surface area contributed by atoms with Gasteiger partial charge in [0.15, 0.2) is 14.9 Å². The van der Waals surface area contributed by atoms with E-state index in [1.165, 1.54) is 23.2 Å². The van der Waals surface area contributed by atoms with E-state index in [-0.39, 0.29) is 39.1 Å². The van der Waals surface area contributed by atoms with Gasteiger partial charge in [-0.3, -0.25) is 9.59 Å². The molecule has 1 N–H and O–H groups in total. The highest BCUT2D eigenvalue weighted by atomic mass is 35.5.